The van der Waals surface area contributed by atoms with Gasteiger partial charge in [-0.2, -0.15) is 0 Å². The molecule has 3 atom stereocenters. The Morgan fingerprint density at radius 1 is 1.42 bits per heavy atom. The molecule has 1 aromatic heterocycles. The van der Waals surface area contributed by atoms with E-state index in [0.717, 1.165) is 29.2 Å². The molecule has 1 aliphatic carbocycles. The summed E-state index contributed by atoms with van der Waals surface area (Å²) in [5.41, 5.74) is 4.47. The Balaban J connectivity index is 1.67. The van der Waals surface area contributed by atoms with Crippen molar-refractivity contribution >= 4 is 12.7 Å². The maximum atomic E-state index is 4.53. The van der Waals surface area contributed by atoms with Gasteiger partial charge in [-0.1, -0.05) is 6.42 Å². The summed E-state index contributed by atoms with van der Waals surface area (Å²) in [5.74, 6) is 0.237. The van der Waals surface area contributed by atoms with Crippen LogP contribution >= 0.6 is 0 Å². The van der Waals surface area contributed by atoms with Crippen LogP contribution in [0.4, 0.5) is 0 Å². The molecule has 5 rings (SSSR count). The zero-order valence-corrected chi connectivity index (χ0v) is 13.8. The van der Waals surface area contributed by atoms with Gasteiger partial charge in [0, 0.05) is 18.3 Å². The van der Waals surface area contributed by atoms with E-state index in [1.54, 1.807) is 6.34 Å². The minimum absolute atomic E-state index is 0.473. The first kappa shape index (κ1) is 14.0. The highest BCUT2D eigenvalue weighted by Crippen LogP contribution is 2.45. The number of hydrogen-bond donors (Lipinski definition) is 2. The van der Waals surface area contributed by atoms with Crippen LogP contribution < -0.4 is 15.8 Å². The highest BCUT2D eigenvalue weighted by molar-refractivity contribution is 5.64. The standard InChI is InChI=1S/C16H23N8/c1-2-24-12-20-21-16(24)15(8-18-10-19-16)23(22-7-6-17-11-22)9-14(24)13-4-3-5-13/h6-8,10-14,21H,2-5,9H2,1H3,(H,18,19)/q+1/t14?,16?,24-/m0/s1. The molecule has 126 valence electrons. The Hall–Kier alpha value is -2.35. The fraction of sp³-hybridized carbons (Fsp3) is 0.562. The molecule has 0 aromatic carbocycles. The molecule has 3 aliphatic heterocycles. The summed E-state index contributed by atoms with van der Waals surface area (Å²) >= 11 is 0. The molecule has 8 heteroatoms. The van der Waals surface area contributed by atoms with Gasteiger partial charge >= 0.3 is 5.79 Å². The Labute approximate surface area is 141 Å². The number of likely N-dealkylation sites (N-methyl/N-ethyl adjacent to an activating group) is 1. The average molecular weight is 327 g/mol. The first-order valence-corrected chi connectivity index (χ1v) is 8.75. The summed E-state index contributed by atoms with van der Waals surface area (Å²) in [6.45, 7) is 4.17. The van der Waals surface area contributed by atoms with Gasteiger partial charge < -0.3 is 0 Å². The SMILES string of the molecule is CC[N@@+]12C=NNC13NC=NC=C3N(n1ccnc1)CC2C1CCC1. The van der Waals surface area contributed by atoms with Crippen molar-refractivity contribution in [1.29, 1.82) is 0 Å². The molecule has 4 aliphatic rings. The normalized spacial score (nSPS) is 37.1. The van der Waals surface area contributed by atoms with Crippen molar-refractivity contribution < 1.29 is 4.48 Å². The van der Waals surface area contributed by atoms with Crippen LogP contribution in [-0.4, -0.2) is 51.7 Å². The second kappa shape index (κ2) is 4.83. The molecule has 0 radical (unpaired) electrons. The average Bonchev–Trinajstić information content (AvgIpc) is 3.20. The van der Waals surface area contributed by atoms with E-state index < -0.39 is 5.79 Å². The van der Waals surface area contributed by atoms with Crippen molar-refractivity contribution in [2.75, 3.05) is 18.1 Å². The topological polar surface area (TPSA) is 69.8 Å². The van der Waals surface area contributed by atoms with Gasteiger partial charge in [0.25, 0.3) is 0 Å². The number of nitrogens with one attached hydrogen (secondary N) is 2. The van der Waals surface area contributed by atoms with Crippen LogP contribution in [0, 0.1) is 5.92 Å². The maximum Gasteiger partial charge on any atom is 0.318 e. The van der Waals surface area contributed by atoms with Crippen LogP contribution in [0.25, 0.3) is 0 Å². The summed E-state index contributed by atoms with van der Waals surface area (Å²) in [4.78, 5) is 8.61. The third kappa shape index (κ3) is 1.54. The predicted octanol–water partition coefficient (Wildman–Crippen LogP) is 0.513. The molecule has 24 heavy (non-hydrogen) atoms. The molecule has 2 fully saturated rings. The fourth-order valence-electron chi connectivity index (χ4n) is 4.76. The van der Waals surface area contributed by atoms with E-state index in [1.807, 2.05) is 24.9 Å². The zero-order valence-electron chi connectivity index (χ0n) is 13.8. The minimum Gasteiger partial charge on any atom is -0.299 e. The lowest BCUT2D eigenvalue weighted by atomic mass is 9.76. The minimum atomic E-state index is -0.487. The van der Waals surface area contributed by atoms with Crippen LogP contribution in [0.5, 0.6) is 0 Å². The van der Waals surface area contributed by atoms with Crippen LogP contribution in [0.2, 0.25) is 0 Å². The third-order valence-corrected chi connectivity index (χ3v) is 6.25. The second-order valence-electron chi connectivity index (χ2n) is 7.03. The van der Waals surface area contributed by atoms with Crippen molar-refractivity contribution in [3.05, 3.63) is 30.6 Å². The number of nitrogens with zero attached hydrogens (tertiary/aromatic N) is 6. The summed E-state index contributed by atoms with van der Waals surface area (Å²) in [6.07, 6.45) is 15.4. The van der Waals surface area contributed by atoms with Gasteiger partial charge in [-0.25, -0.2) is 24.6 Å². The third-order valence-electron chi connectivity index (χ3n) is 6.25. The van der Waals surface area contributed by atoms with E-state index in [-0.39, 0.29) is 0 Å². The van der Waals surface area contributed by atoms with Crippen LogP contribution in [0.15, 0.2) is 40.7 Å². The van der Waals surface area contributed by atoms with Crippen molar-refractivity contribution in [2.45, 2.75) is 38.0 Å². The molecule has 0 amide bonds. The summed E-state index contributed by atoms with van der Waals surface area (Å²) in [5, 5.41) is 10.3. The van der Waals surface area contributed by atoms with E-state index in [1.165, 1.54) is 19.3 Å². The maximum absolute atomic E-state index is 4.53. The number of piperazine rings is 1. The van der Waals surface area contributed by atoms with E-state index in [4.69, 9.17) is 0 Å². The Bertz CT molecular complexity index is 718. The lowest BCUT2D eigenvalue weighted by molar-refractivity contribution is -0.913. The van der Waals surface area contributed by atoms with Crippen molar-refractivity contribution in [3.8, 4) is 0 Å². The number of aromatic nitrogens is 2. The molecule has 8 nitrogen and oxygen atoms in total. The van der Waals surface area contributed by atoms with Gasteiger partial charge in [-0.15, -0.1) is 5.10 Å². The second-order valence-corrected chi connectivity index (χ2v) is 7.03. The largest absolute Gasteiger partial charge is 0.318 e. The van der Waals surface area contributed by atoms with Gasteiger partial charge in [0.2, 0.25) is 6.34 Å². The highest BCUT2D eigenvalue weighted by Gasteiger charge is 2.67. The number of aliphatic imine (C=N–C) groups is 1. The first-order chi connectivity index (χ1) is 11.8. The quantitative estimate of drug-likeness (QED) is 0.794. The number of hydrazone groups is 1. The van der Waals surface area contributed by atoms with Crippen LogP contribution in [0.1, 0.15) is 26.2 Å². The van der Waals surface area contributed by atoms with E-state index in [9.17, 15) is 0 Å². The van der Waals surface area contributed by atoms with Gasteiger partial charge in [0.1, 0.15) is 12.4 Å². The van der Waals surface area contributed by atoms with Crippen molar-refractivity contribution in [3.63, 3.8) is 0 Å². The number of quaternary nitrogens is 1. The summed E-state index contributed by atoms with van der Waals surface area (Å²) in [7, 11) is 0. The van der Waals surface area contributed by atoms with Crippen molar-refractivity contribution in [1.82, 2.24) is 20.4 Å². The lowest BCUT2D eigenvalue weighted by Crippen LogP contribution is -2.84. The molecule has 1 saturated heterocycles. The number of hydrogen-bond acceptors (Lipinski definition) is 6. The predicted molar refractivity (Wildman–Crippen MR) is 91.3 cm³/mol. The fourth-order valence-corrected chi connectivity index (χ4v) is 4.76. The zero-order chi connectivity index (χ0) is 16.2. The van der Waals surface area contributed by atoms with Gasteiger partial charge in [0.05, 0.1) is 25.6 Å². The molecule has 1 saturated carbocycles. The number of imidazole rings is 1. The van der Waals surface area contributed by atoms with Gasteiger partial charge in [0.15, 0.2) is 5.70 Å². The van der Waals surface area contributed by atoms with E-state index in [2.05, 4.69) is 48.8 Å². The molecular weight excluding hydrogens is 304 g/mol. The molecule has 2 N–H and O–H groups in total. The monoisotopic (exact) mass is 327 g/mol. The molecule has 1 aromatic rings. The summed E-state index contributed by atoms with van der Waals surface area (Å²) in [6, 6.07) is 0.473. The number of rotatable bonds is 3. The Morgan fingerprint density at radius 3 is 3.04 bits per heavy atom. The first-order valence-electron chi connectivity index (χ1n) is 8.75. The Kier molecular flexibility index (Phi) is 2.82. The van der Waals surface area contributed by atoms with Gasteiger partial charge in [-0.3, -0.25) is 10.3 Å². The van der Waals surface area contributed by atoms with E-state index >= 15 is 0 Å². The van der Waals surface area contributed by atoms with Crippen molar-refractivity contribution in [2.24, 2.45) is 16.0 Å². The Morgan fingerprint density at radius 2 is 2.33 bits per heavy atom. The van der Waals surface area contributed by atoms with Crippen LogP contribution in [0.3, 0.4) is 0 Å². The molecule has 4 heterocycles. The summed E-state index contributed by atoms with van der Waals surface area (Å²) < 4.78 is 2.85. The smallest absolute Gasteiger partial charge is 0.299 e. The van der Waals surface area contributed by atoms with E-state index in [0.29, 0.717) is 6.04 Å². The molecule has 2 unspecified atom stereocenters. The highest BCUT2D eigenvalue weighted by atomic mass is 15.8. The van der Waals surface area contributed by atoms with Gasteiger partial charge in [-0.05, 0) is 19.8 Å². The molecule has 0 bridgehead atoms. The van der Waals surface area contributed by atoms with Crippen LogP contribution in [-0.2, 0) is 0 Å². The molecule has 1 spiro atoms. The molecular formula is C16H23N8+. The lowest BCUT2D eigenvalue weighted by Gasteiger charge is -2.59.